The molecule has 1 aliphatic heterocycles. The van der Waals surface area contributed by atoms with Crippen LogP contribution in [0.15, 0.2) is 58.8 Å². The van der Waals surface area contributed by atoms with Crippen LogP contribution >= 0.6 is 0 Å². The van der Waals surface area contributed by atoms with E-state index in [1.54, 1.807) is 31.4 Å². The molecule has 13 heteroatoms. The number of oxime groups is 2. The molecule has 1 aliphatic rings. The number of benzene rings is 3. The SMILES string of the molecule is COc1cccc(/C=N/OCCO/N=C/c2cc(-c3cc4c(OC)c(c3)COCCOCCOCCOCCOC4)ccc2O)c1O. The summed E-state index contributed by atoms with van der Waals surface area (Å²) in [5.41, 5.74) is 4.32. The van der Waals surface area contributed by atoms with E-state index in [-0.39, 0.29) is 24.7 Å². The van der Waals surface area contributed by atoms with Crippen LogP contribution in [0.3, 0.4) is 0 Å². The second kappa shape index (κ2) is 20.0. The summed E-state index contributed by atoms with van der Waals surface area (Å²) >= 11 is 0. The average Bonchev–Trinajstić information content (AvgIpc) is 3.08. The van der Waals surface area contributed by atoms with Crippen LogP contribution in [0.1, 0.15) is 22.3 Å². The van der Waals surface area contributed by atoms with Crippen LogP contribution < -0.4 is 9.47 Å². The van der Waals surface area contributed by atoms with Gasteiger partial charge >= 0.3 is 0 Å². The summed E-state index contributed by atoms with van der Waals surface area (Å²) in [6.07, 6.45) is 2.80. The fraction of sp³-hybridized carbons (Fsp3) is 0.412. The first kappa shape index (κ1) is 35.5. The summed E-state index contributed by atoms with van der Waals surface area (Å²) in [7, 11) is 3.09. The van der Waals surface area contributed by atoms with Gasteiger partial charge in [-0.2, -0.15) is 0 Å². The molecule has 13 nitrogen and oxygen atoms in total. The molecule has 0 atom stereocenters. The van der Waals surface area contributed by atoms with Gasteiger partial charge in [-0.15, -0.1) is 0 Å². The lowest BCUT2D eigenvalue weighted by Gasteiger charge is -2.17. The smallest absolute Gasteiger partial charge is 0.166 e. The molecule has 0 spiro atoms. The highest BCUT2D eigenvalue weighted by atomic mass is 16.7. The highest BCUT2D eigenvalue weighted by Gasteiger charge is 2.15. The summed E-state index contributed by atoms with van der Waals surface area (Å²) < 4.78 is 39.3. The van der Waals surface area contributed by atoms with Gasteiger partial charge in [0.15, 0.2) is 24.7 Å². The molecule has 0 radical (unpaired) electrons. The lowest BCUT2D eigenvalue weighted by atomic mass is 9.97. The van der Waals surface area contributed by atoms with Crippen LogP contribution in [0, 0.1) is 0 Å². The molecule has 0 saturated heterocycles. The Labute approximate surface area is 274 Å². The number of hydrogen-bond acceptors (Lipinski definition) is 13. The molecule has 2 bridgehead atoms. The molecular weight excluding hydrogens is 612 g/mol. The monoisotopic (exact) mass is 654 g/mol. The summed E-state index contributed by atoms with van der Waals surface area (Å²) in [6, 6.07) is 14.3. The normalized spacial score (nSPS) is 15.6. The van der Waals surface area contributed by atoms with Crippen LogP contribution in [0.5, 0.6) is 23.0 Å². The van der Waals surface area contributed by atoms with Gasteiger partial charge in [0.25, 0.3) is 0 Å². The van der Waals surface area contributed by atoms with E-state index in [1.807, 2.05) is 24.3 Å². The summed E-state index contributed by atoms with van der Waals surface area (Å²) in [4.78, 5) is 10.5. The zero-order chi connectivity index (χ0) is 33.1. The third kappa shape index (κ3) is 11.4. The van der Waals surface area contributed by atoms with Gasteiger partial charge in [0.05, 0.1) is 92.7 Å². The Hall–Kier alpha value is -4.40. The number of phenols is 2. The van der Waals surface area contributed by atoms with E-state index in [4.69, 9.17) is 42.8 Å². The van der Waals surface area contributed by atoms with Crippen LogP contribution in [0.4, 0.5) is 0 Å². The number of fused-ring (bicyclic) bond motifs is 2. The molecule has 4 rings (SSSR count). The quantitative estimate of drug-likeness (QED) is 0.183. The van der Waals surface area contributed by atoms with Crippen molar-refractivity contribution in [3.05, 3.63) is 70.8 Å². The van der Waals surface area contributed by atoms with Crippen LogP contribution in [-0.4, -0.2) is 103 Å². The van der Waals surface area contributed by atoms with E-state index in [0.29, 0.717) is 88.7 Å². The largest absolute Gasteiger partial charge is 0.507 e. The minimum absolute atomic E-state index is 0.0300. The Bertz CT molecular complexity index is 1410. The van der Waals surface area contributed by atoms with Crippen molar-refractivity contribution < 1.29 is 53.0 Å². The molecule has 254 valence electrons. The molecule has 0 aromatic heterocycles. The van der Waals surface area contributed by atoms with Crippen molar-refractivity contribution in [3.63, 3.8) is 0 Å². The molecule has 3 aromatic carbocycles. The number of ether oxygens (including phenoxy) is 7. The topological polar surface area (TPSA) is 148 Å². The molecule has 0 aliphatic carbocycles. The maximum absolute atomic E-state index is 10.5. The van der Waals surface area contributed by atoms with Gasteiger partial charge in [0.1, 0.15) is 11.5 Å². The Morgan fingerprint density at radius 3 is 1.74 bits per heavy atom. The minimum Gasteiger partial charge on any atom is -0.507 e. The fourth-order valence-corrected chi connectivity index (χ4v) is 4.55. The fourth-order valence-electron chi connectivity index (χ4n) is 4.55. The number of hydrogen-bond donors (Lipinski definition) is 2. The number of nitrogens with zero attached hydrogens (tertiary/aromatic N) is 2. The number of methoxy groups -OCH3 is 2. The highest BCUT2D eigenvalue weighted by molar-refractivity contribution is 5.86. The van der Waals surface area contributed by atoms with Crippen molar-refractivity contribution in [2.24, 2.45) is 10.3 Å². The molecule has 2 N–H and O–H groups in total. The zero-order valence-corrected chi connectivity index (χ0v) is 26.7. The third-order valence-electron chi connectivity index (χ3n) is 6.86. The summed E-state index contributed by atoms with van der Waals surface area (Å²) in [5, 5.41) is 28.4. The highest BCUT2D eigenvalue weighted by Crippen LogP contribution is 2.34. The Morgan fingerprint density at radius 1 is 0.638 bits per heavy atom. The second-order valence-corrected chi connectivity index (χ2v) is 10.1. The molecule has 0 unspecified atom stereocenters. The maximum atomic E-state index is 10.5. The van der Waals surface area contributed by atoms with Crippen molar-refractivity contribution in [2.45, 2.75) is 13.2 Å². The molecule has 0 amide bonds. The molecule has 0 fully saturated rings. The van der Waals surface area contributed by atoms with Gasteiger partial charge in [-0.1, -0.05) is 22.4 Å². The second-order valence-electron chi connectivity index (χ2n) is 10.1. The Kier molecular flexibility index (Phi) is 15.1. The Morgan fingerprint density at radius 2 is 1.19 bits per heavy atom. The molecule has 0 saturated carbocycles. The number of aromatic hydroxyl groups is 2. The summed E-state index contributed by atoms with van der Waals surface area (Å²) in [6.45, 7) is 4.46. The number of phenolic OH excluding ortho intramolecular Hbond substituents is 2. The van der Waals surface area contributed by atoms with E-state index >= 15 is 0 Å². The first-order valence-electron chi connectivity index (χ1n) is 15.2. The maximum Gasteiger partial charge on any atom is 0.166 e. The molecule has 47 heavy (non-hydrogen) atoms. The van der Waals surface area contributed by atoms with E-state index < -0.39 is 0 Å². The number of para-hydroxylation sites is 1. The molecule has 1 heterocycles. The third-order valence-corrected chi connectivity index (χ3v) is 6.86. The van der Waals surface area contributed by atoms with E-state index in [0.717, 1.165) is 22.3 Å². The van der Waals surface area contributed by atoms with Gasteiger partial charge < -0.3 is 53.0 Å². The van der Waals surface area contributed by atoms with E-state index in [2.05, 4.69) is 10.3 Å². The standard InChI is InChI=1S/C34H42N2O11/c1-39-32-5-3-4-26(33(32)38)21-35-46-16-17-47-36-22-28-18-25(6-7-31(28)37)27-19-29-23-44-14-12-42-10-8-41-9-11-43-13-15-45-24-30(20-27)34(29)40-2/h3-7,18-22,37-38H,8-17,23-24H2,1-2H3/b35-21+,36-22+. The summed E-state index contributed by atoms with van der Waals surface area (Å²) in [5.74, 6) is 1.04. The van der Waals surface area contributed by atoms with Gasteiger partial charge in [0, 0.05) is 22.3 Å². The average molecular weight is 655 g/mol. The van der Waals surface area contributed by atoms with Gasteiger partial charge in [-0.05, 0) is 47.5 Å². The van der Waals surface area contributed by atoms with Gasteiger partial charge in [-0.3, -0.25) is 0 Å². The Balaban J connectivity index is 1.40. The lowest BCUT2D eigenvalue weighted by molar-refractivity contribution is -0.0147. The van der Waals surface area contributed by atoms with Gasteiger partial charge in [0.2, 0.25) is 0 Å². The first-order chi connectivity index (χ1) is 23.1. The van der Waals surface area contributed by atoms with Gasteiger partial charge in [-0.25, -0.2) is 0 Å². The van der Waals surface area contributed by atoms with E-state index in [9.17, 15) is 10.2 Å². The lowest BCUT2D eigenvalue weighted by Crippen LogP contribution is -2.14. The number of rotatable bonds is 10. The van der Waals surface area contributed by atoms with Crippen LogP contribution in [-0.2, 0) is 46.6 Å². The minimum atomic E-state index is -0.0300. The molecular formula is C34H42N2O11. The van der Waals surface area contributed by atoms with Crippen molar-refractivity contribution >= 4 is 12.4 Å². The first-order valence-corrected chi connectivity index (χ1v) is 15.2. The predicted octanol–water partition coefficient (Wildman–Crippen LogP) is 4.28. The zero-order valence-electron chi connectivity index (χ0n) is 26.7. The van der Waals surface area contributed by atoms with Crippen LogP contribution in [0.25, 0.3) is 11.1 Å². The van der Waals surface area contributed by atoms with Crippen LogP contribution in [0.2, 0.25) is 0 Å². The van der Waals surface area contributed by atoms with E-state index in [1.165, 1.54) is 19.5 Å². The van der Waals surface area contributed by atoms with Crippen molar-refractivity contribution in [3.8, 4) is 34.1 Å². The van der Waals surface area contributed by atoms with Crippen molar-refractivity contribution in [1.29, 1.82) is 0 Å². The van der Waals surface area contributed by atoms with Crippen molar-refractivity contribution in [2.75, 3.05) is 80.3 Å². The van der Waals surface area contributed by atoms with Crippen molar-refractivity contribution in [1.82, 2.24) is 0 Å². The predicted molar refractivity (Wildman–Crippen MR) is 174 cm³/mol. The molecule has 3 aromatic rings.